The zero-order valence-corrected chi connectivity index (χ0v) is 18.2. The molecule has 0 aromatic heterocycles. The van der Waals surface area contributed by atoms with Gasteiger partial charge in [-0.25, -0.2) is 0 Å². The lowest BCUT2D eigenvalue weighted by Gasteiger charge is -2.37. The van der Waals surface area contributed by atoms with Gasteiger partial charge < -0.3 is 24.2 Å². The van der Waals surface area contributed by atoms with Crippen LogP contribution in [-0.4, -0.2) is 85.0 Å². The summed E-state index contributed by atoms with van der Waals surface area (Å²) in [5, 5.41) is 0. The van der Waals surface area contributed by atoms with E-state index in [1.54, 1.807) is 49.1 Å². The molecule has 2 fully saturated rings. The number of piperidine rings is 1. The Morgan fingerprint density at radius 3 is 2.41 bits per heavy atom. The molecule has 2 saturated heterocycles. The van der Waals surface area contributed by atoms with E-state index >= 15 is 0 Å². The second-order valence-electron chi connectivity index (χ2n) is 8.25. The largest absolute Gasteiger partial charge is 0.493 e. The highest BCUT2D eigenvalue weighted by molar-refractivity contribution is 5.98. The second kappa shape index (κ2) is 9.03. The van der Waals surface area contributed by atoms with Crippen molar-refractivity contribution in [3.05, 3.63) is 23.8 Å². The molecule has 0 bridgehead atoms. The number of ether oxygens (including phenoxy) is 2. The van der Waals surface area contributed by atoms with Gasteiger partial charge in [-0.05, 0) is 51.8 Å². The molecule has 7 heteroatoms. The van der Waals surface area contributed by atoms with E-state index in [4.69, 9.17) is 9.47 Å². The SMILES string of the molecule is COc1ccc(C(=O)N2CCN(C)C(=O)[C@@H]2C)cc1OC1CCN(C(C)C)CC1. The predicted octanol–water partition coefficient (Wildman–Crippen LogP) is 2.25. The van der Waals surface area contributed by atoms with E-state index in [2.05, 4.69) is 18.7 Å². The molecule has 0 aliphatic carbocycles. The fourth-order valence-electron chi connectivity index (χ4n) is 4.05. The van der Waals surface area contributed by atoms with Crippen LogP contribution >= 0.6 is 0 Å². The van der Waals surface area contributed by atoms with E-state index in [9.17, 15) is 9.59 Å². The number of likely N-dealkylation sites (N-methyl/N-ethyl adjacent to an activating group) is 1. The van der Waals surface area contributed by atoms with Gasteiger partial charge in [0, 0.05) is 44.8 Å². The van der Waals surface area contributed by atoms with Gasteiger partial charge in [0.05, 0.1) is 7.11 Å². The minimum Gasteiger partial charge on any atom is -0.493 e. The van der Waals surface area contributed by atoms with Gasteiger partial charge in [-0.1, -0.05) is 0 Å². The second-order valence-corrected chi connectivity index (χ2v) is 8.25. The highest BCUT2D eigenvalue weighted by Gasteiger charge is 2.33. The minimum atomic E-state index is -0.465. The zero-order chi connectivity index (χ0) is 21.1. The maximum atomic E-state index is 13.1. The molecule has 0 saturated carbocycles. The van der Waals surface area contributed by atoms with Crippen molar-refractivity contribution < 1.29 is 19.1 Å². The molecule has 1 atom stereocenters. The van der Waals surface area contributed by atoms with Crippen molar-refractivity contribution in [2.24, 2.45) is 0 Å². The summed E-state index contributed by atoms with van der Waals surface area (Å²) < 4.78 is 11.7. The Bertz CT molecular complexity index is 744. The van der Waals surface area contributed by atoms with Gasteiger partial charge in [-0.15, -0.1) is 0 Å². The molecule has 1 aromatic carbocycles. The predicted molar refractivity (Wildman–Crippen MR) is 111 cm³/mol. The normalized spacial score (nSPS) is 21.6. The van der Waals surface area contributed by atoms with Crippen LogP contribution < -0.4 is 9.47 Å². The Morgan fingerprint density at radius 1 is 1.10 bits per heavy atom. The molecule has 0 unspecified atom stereocenters. The van der Waals surface area contributed by atoms with Crippen molar-refractivity contribution in [1.29, 1.82) is 0 Å². The first-order chi connectivity index (χ1) is 13.8. The van der Waals surface area contributed by atoms with E-state index in [0.29, 0.717) is 36.2 Å². The molecule has 0 N–H and O–H groups in total. The monoisotopic (exact) mass is 403 g/mol. The molecule has 2 aliphatic rings. The lowest BCUT2D eigenvalue weighted by Crippen LogP contribution is -2.56. The van der Waals surface area contributed by atoms with E-state index in [1.807, 2.05) is 0 Å². The van der Waals surface area contributed by atoms with Gasteiger partial charge in [0.15, 0.2) is 11.5 Å². The lowest BCUT2D eigenvalue weighted by molar-refractivity contribution is -0.137. The molecule has 0 radical (unpaired) electrons. The third-order valence-electron chi connectivity index (χ3n) is 6.05. The maximum absolute atomic E-state index is 13.1. The van der Waals surface area contributed by atoms with Crippen molar-refractivity contribution in [2.45, 2.75) is 51.8 Å². The van der Waals surface area contributed by atoms with Crippen LogP contribution in [0.5, 0.6) is 11.5 Å². The molecular formula is C22H33N3O4. The van der Waals surface area contributed by atoms with E-state index in [-0.39, 0.29) is 17.9 Å². The van der Waals surface area contributed by atoms with Crippen LogP contribution in [0.2, 0.25) is 0 Å². The van der Waals surface area contributed by atoms with Crippen LogP contribution in [0, 0.1) is 0 Å². The van der Waals surface area contributed by atoms with Crippen molar-refractivity contribution in [3.8, 4) is 11.5 Å². The average molecular weight is 404 g/mol. The average Bonchev–Trinajstić information content (AvgIpc) is 2.72. The Kier molecular flexibility index (Phi) is 6.67. The third-order valence-corrected chi connectivity index (χ3v) is 6.05. The molecular weight excluding hydrogens is 370 g/mol. The van der Waals surface area contributed by atoms with Gasteiger partial charge in [0.2, 0.25) is 5.91 Å². The molecule has 29 heavy (non-hydrogen) atoms. The number of nitrogens with zero attached hydrogens (tertiary/aromatic N) is 3. The smallest absolute Gasteiger partial charge is 0.254 e. The Hall–Kier alpha value is -2.28. The van der Waals surface area contributed by atoms with E-state index in [1.165, 1.54) is 0 Å². The standard InChI is InChI=1S/C22H33N3O4/c1-15(2)24-10-8-18(9-11-24)29-20-14-17(6-7-19(20)28-5)22(27)25-13-12-23(4)21(26)16(25)3/h6-7,14-16,18H,8-13H2,1-5H3/t16-/m0/s1. The molecule has 3 rings (SSSR count). The Balaban J connectivity index is 1.73. The van der Waals surface area contributed by atoms with Crippen molar-refractivity contribution in [1.82, 2.24) is 14.7 Å². The van der Waals surface area contributed by atoms with Crippen molar-refractivity contribution in [2.75, 3.05) is 40.3 Å². The summed E-state index contributed by atoms with van der Waals surface area (Å²) >= 11 is 0. The lowest BCUT2D eigenvalue weighted by atomic mass is 10.1. The van der Waals surface area contributed by atoms with Crippen molar-refractivity contribution in [3.63, 3.8) is 0 Å². The number of rotatable bonds is 5. The quantitative estimate of drug-likeness (QED) is 0.755. The molecule has 2 aliphatic heterocycles. The number of hydrogen-bond donors (Lipinski definition) is 0. The molecule has 2 amide bonds. The van der Waals surface area contributed by atoms with Crippen LogP contribution in [0.4, 0.5) is 0 Å². The topological polar surface area (TPSA) is 62.3 Å². The summed E-state index contributed by atoms with van der Waals surface area (Å²) in [4.78, 5) is 31.1. The van der Waals surface area contributed by atoms with Crippen LogP contribution in [-0.2, 0) is 4.79 Å². The number of piperazine rings is 1. The highest BCUT2D eigenvalue weighted by atomic mass is 16.5. The number of hydrogen-bond acceptors (Lipinski definition) is 5. The molecule has 7 nitrogen and oxygen atoms in total. The van der Waals surface area contributed by atoms with Gasteiger partial charge in [0.1, 0.15) is 12.1 Å². The maximum Gasteiger partial charge on any atom is 0.254 e. The van der Waals surface area contributed by atoms with Gasteiger partial charge in [0.25, 0.3) is 5.91 Å². The first-order valence-corrected chi connectivity index (χ1v) is 10.5. The fourth-order valence-corrected chi connectivity index (χ4v) is 4.05. The first-order valence-electron chi connectivity index (χ1n) is 10.5. The molecule has 1 aromatic rings. The number of benzene rings is 1. The molecule has 2 heterocycles. The summed E-state index contributed by atoms with van der Waals surface area (Å²) in [5.41, 5.74) is 0.518. The number of carbonyl (C=O) groups excluding carboxylic acids is 2. The first kappa shape index (κ1) is 21.4. The summed E-state index contributed by atoms with van der Waals surface area (Å²) in [7, 11) is 3.37. The van der Waals surface area contributed by atoms with Crippen LogP contribution in [0.25, 0.3) is 0 Å². The van der Waals surface area contributed by atoms with Gasteiger partial charge >= 0.3 is 0 Å². The Morgan fingerprint density at radius 2 is 1.79 bits per heavy atom. The molecule has 160 valence electrons. The summed E-state index contributed by atoms with van der Waals surface area (Å²) in [6.07, 6.45) is 2.00. The third kappa shape index (κ3) is 4.66. The van der Waals surface area contributed by atoms with Crippen LogP contribution in [0.15, 0.2) is 18.2 Å². The number of carbonyl (C=O) groups is 2. The van der Waals surface area contributed by atoms with Crippen molar-refractivity contribution >= 4 is 11.8 Å². The molecule has 0 spiro atoms. The summed E-state index contributed by atoms with van der Waals surface area (Å²) in [6, 6.07) is 5.35. The van der Waals surface area contributed by atoms with Gasteiger partial charge in [-0.2, -0.15) is 0 Å². The van der Waals surface area contributed by atoms with Crippen LogP contribution in [0.1, 0.15) is 44.0 Å². The van der Waals surface area contributed by atoms with E-state index < -0.39 is 6.04 Å². The van der Waals surface area contributed by atoms with Crippen LogP contribution in [0.3, 0.4) is 0 Å². The minimum absolute atomic E-state index is 0.0357. The Labute approximate surface area is 173 Å². The van der Waals surface area contributed by atoms with E-state index in [0.717, 1.165) is 25.9 Å². The van der Waals surface area contributed by atoms with Gasteiger partial charge in [-0.3, -0.25) is 9.59 Å². The summed E-state index contributed by atoms with van der Waals surface area (Å²) in [6.45, 7) is 9.28. The fraction of sp³-hybridized carbons (Fsp3) is 0.636. The zero-order valence-electron chi connectivity index (χ0n) is 18.2. The number of methoxy groups -OCH3 is 1. The summed E-state index contributed by atoms with van der Waals surface area (Å²) in [5.74, 6) is 1.03. The highest BCUT2D eigenvalue weighted by Crippen LogP contribution is 2.31. The number of amides is 2. The number of likely N-dealkylation sites (tertiary alicyclic amines) is 1.